The Morgan fingerprint density at radius 2 is 1.89 bits per heavy atom. The van der Waals surface area contributed by atoms with Crippen molar-refractivity contribution >= 4 is 5.91 Å². The fourth-order valence-corrected chi connectivity index (χ4v) is 1.68. The van der Waals surface area contributed by atoms with Gasteiger partial charge in [0.05, 0.1) is 0 Å². The third kappa shape index (κ3) is 3.77. The van der Waals surface area contributed by atoms with Crippen molar-refractivity contribution in [3.05, 3.63) is 35.4 Å². The molecule has 1 atom stereocenters. The van der Waals surface area contributed by atoms with E-state index in [9.17, 15) is 13.6 Å². The largest absolute Gasteiger partial charge is 0.347 e. The molecular formula is C13H18F2N2O. The summed E-state index contributed by atoms with van der Waals surface area (Å²) in [6.45, 7) is 4.21. The molecule has 5 heteroatoms. The first kappa shape index (κ1) is 14.6. The lowest BCUT2D eigenvalue weighted by atomic mass is 9.94. The molecule has 18 heavy (non-hydrogen) atoms. The molecule has 0 radical (unpaired) electrons. The molecule has 0 aliphatic carbocycles. The Kier molecular flexibility index (Phi) is 4.78. The lowest BCUT2D eigenvalue weighted by Crippen LogP contribution is -2.46. The third-order valence-corrected chi connectivity index (χ3v) is 3.02. The summed E-state index contributed by atoms with van der Waals surface area (Å²) in [4.78, 5) is 11.9. The van der Waals surface area contributed by atoms with Crippen LogP contribution in [0.15, 0.2) is 18.2 Å². The molecule has 1 rings (SSSR count). The number of amides is 1. The quantitative estimate of drug-likeness (QED) is 0.848. The van der Waals surface area contributed by atoms with Crippen molar-refractivity contribution in [3.63, 3.8) is 0 Å². The minimum Gasteiger partial charge on any atom is -0.347 e. The summed E-state index contributed by atoms with van der Waals surface area (Å²) in [6.07, 6.45) is 1.29. The zero-order valence-corrected chi connectivity index (χ0v) is 10.6. The van der Waals surface area contributed by atoms with E-state index >= 15 is 0 Å². The van der Waals surface area contributed by atoms with Gasteiger partial charge in [0.2, 0.25) is 0 Å². The zero-order chi connectivity index (χ0) is 13.8. The van der Waals surface area contributed by atoms with Gasteiger partial charge in [0, 0.05) is 17.2 Å². The summed E-state index contributed by atoms with van der Waals surface area (Å²) < 4.78 is 26.0. The monoisotopic (exact) mass is 256 g/mol. The van der Waals surface area contributed by atoms with Crippen LogP contribution < -0.4 is 11.1 Å². The lowest BCUT2D eigenvalue weighted by molar-refractivity contribution is 0.0899. The topological polar surface area (TPSA) is 55.1 Å². The fraction of sp³-hybridized carbons (Fsp3) is 0.462. The zero-order valence-electron chi connectivity index (χ0n) is 10.6. The van der Waals surface area contributed by atoms with E-state index in [1.54, 1.807) is 0 Å². The second kappa shape index (κ2) is 5.91. The molecule has 0 bridgehead atoms. The van der Waals surface area contributed by atoms with Crippen LogP contribution in [-0.4, -0.2) is 18.0 Å². The van der Waals surface area contributed by atoms with E-state index in [0.29, 0.717) is 19.4 Å². The predicted octanol–water partition coefficient (Wildman–Crippen LogP) is 2.21. The Bertz CT molecular complexity index is 417. The van der Waals surface area contributed by atoms with Crippen LogP contribution in [0.3, 0.4) is 0 Å². The van der Waals surface area contributed by atoms with Gasteiger partial charge in [-0.2, -0.15) is 0 Å². The van der Waals surface area contributed by atoms with Crippen LogP contribution in [0.2, 0.25) is 0 Å². The molecule has 0 saturated heterocycles. The predicted molar refractivity (Wildman–Crippen MR) is 66.2 cm³/mol. The lowest BCUT2D eigenvalue weighted by Gasteiger charge is -2.29. The van der Waals surface area contributed by atoms with Crippen LogP contribution in [0.4, 0.5) is 8.78 Å². The number of carbonyl (C=O) groups is 1. The van der Waals surface area contributed by atoms with E-state index < -0.39 is 23.1 Å². The molecule has 3 N–H and O–H groups in total. The molecule has 0 aromatic heterocycles. The number of carbonyl (C=O) groups excluding carboxylic acids is 1. The summed E-state index contributed by atoms with van der Waals surface area (Å²) in [7, 11) is 0. The van der Waals surface area contributed by atoms with Gasteiger partial charge in [0.15, 0.2) is 0 Å². The summed E-state index contributed by atoms with van der Waals surface area (Å²) >= 11 is 0. The van der Waals surface area contributed by atoms with E-state index in [4.69, 9.17) is 5.73 Å². The highest BCUT2D eigenvalue weighted by Crippen LogP contribution is 2.15. The maximum atomic E-state index is 13.0. The fourth-order valence-electron chi connectivity index (χ4n) is 1.68. The van der Waals surface area contributed by atoms with Crippen molar-refractivity contribution in [2.24, 2.45) is 5.73 Å². The highest BCUT2D eigenvalue weighted by molar-refractivity contribution is 5.94. The number of hydrogen-bond donors (Lipinski definition) is 2. The van der Waals surface area contributed by atoms with Gasteiger partial charge in [-0.25, -0.2) is 8.78 Å². The standard InChI is InChI=1S/C13H18F2N2O/c1-3-13(2,4-5-16)17-12(18)9-6-10(14)8-11(15)7-9/h6-8H,3-5,16H2,1-2H3,(H,17,18). The van der Waals surface area contributed by atoms with E-state index in [0.717, 1.165) is 18.2 Å². The smallest absolute Gasteiger partial charge is 0.251 e. The van der Waals surface area contributed by atoms with Crippen LogP contribution in [-0.2, 0) is 0 Å². The molecule has 0 aliphatic heterocycles. The Morgan fingerprint density at radius 3 is 2.33 bits per heavy atom. The molecule has 1 amide bonds. The van der Waals surface area contributed by atoms with Gasteiger partial charge < -0.3 is 11.1 Å². The highest BCUT2D eigenvalue weighted by Gasteiger charge is 2.24. The second-order valence-electron chi connectivity index (χ2n) is 4.57. The molecule has 0 fully saturated rings. The maximum absolute atomic E-state index is 13.0. The third-order valence-electron chi connectivity index (χ3n) is 3.02. The Hall–Kier alpha value is -1.49. The van der Waals surface area contributed by atoms with Crippen molar-refractivity contribution in [2.75, 3.05) is 6.54 Å². The second-order valence-corrected chi connectivity index (χ2v) is 4.57. The molecule has 3 nitrogen and oxygen atoms in total. The average Bonchev–Trinajstić information content (AvgIpc) is 2.28. The van der Waals surface area contributed by atoms with Crippen LogP contribution >= 0.6 is 0 Å². The Balaban J connectivity index is 2.87. The molecular weight excluding hydrogens is 238 g/mol. The molecule has 0 saturated carbocycles. The van der Waals surface area contributed by atoms with Crippen molar-refractivity contribution in [1.82, 2.24) is 5.32 Å². The summed E-state index contributed by atoms with van der Waals surface area (Å²) in [5.74, 6) is -2.03. The summed E-state index contributed by atoms with van der Waals surface area (Å²) in [5, 5.41) is 2.76. The number of halogens is 2. The number of nitrogens with one attached hydrogen (secondary N) is 1. The van der Waals surface area contributed by atoms with E-state index in [1.807, 2.05) is 13.8 Å². The number of hydrogen-bond acceptors (Lipinski definition) is 2. The van der Waals surface area contributed by atoms with E-state index in [-0.39, 0.29) is 5.56 Å². The summed E-state index contributed by atoms with van der Waals surface area (Å²) in [5.41, 5.74) is 4.99. The van der Waals surface area contributed by atoms with Crippen molar-refractivity contribution < 1.29 is 13.6 Å². The van der Waals surface area contributed by atoms with Gasteiger partial charge in [-0.3, -0.25) is 4.79 Å². The van der Waals surface area contributed by atoms with Crippen LogP contribution in [0.5, 0.6) is 0 Å². The van der Waals surface area contributed by atoms with Gasteiger partial charge >= 0.3 is 0 Å². The SMILES string of the molecule is CCC(C)(CCN)NC(=O)c1cc(F)cc(F)c1. The van der Waals surface area contributed by atoms with Crippen molar-refractivity contribution in [1.29, 1.82) is 0 Å². The molecule has 100 valence electrons. The Morgan fingerprint density at radius 1 is 1.33 bits per heavy atom. The first-order chi connectivity index (χ1) is 8.40. The van der Waals surface area contributed by atoms with Crippen LogP contribution in [0.25, 0.3) is 0 Å². The van der Waals surface area contributed by atoms with Gasteiger partial charge in [0.25, 0.3) is 5.91 Å². The van der Waals surface area contributed by atoms with Gasteiger partial charge in [-0.1, -0.05) is 6.92 Å². The van der Waals surface area contributed by atoms with Gasteiger partial charge in [-0.15, -0.1) is 0 Å². The average molecular weight is 256 g/mol. The highest BCUT2D eigenvalue weighted by atomic mass is 19.1. The number of rotatable bonds is 5. The molecule has 0 aliphatic rings. The van der Waals surface area contributed by atoms with Gasteiger partial charge in [0.1, 0.15) is 11.6 Å². The molecule has 0 spiro atoms. The molecule has 1 aromatic carbocycles. The van der Waals surface area contributed by atoms with Crippen molar-refractivity contribution in [2.45, 2.75) is 32.2 Å². The minimum absolute atomic E-state index is 0.0239. The number of nitrogens with two attached hydrogens (primary N) is 1. The summed E-state index contributed by atoms with van der Waals surface area (Å²) in [6, 6.07) is 2.75. The van der Waals surface area contributed by atoms with Crippen LogP contribution in [0.1, 0.15) is 37.0 Å². The first-order valence-corrected chi connectivity index (χ1v) is 5.89. The normalized spacial score (nSPS) is 14.1. The molecule has 1 unspecified atom stereocenters. The molecule has 1 aromatic rings. The van der Waals surface area contributed by atoms with E-state index in [1.165, 1.54) is 0 Å². The molecule has 0 heterocycles. The maximum Gasteiger partial charge on any atom is 0.251 e. The van der Waals surface area contributed by atoms with Crippen LogP contribution in [0, 0.1) is 11.6 Å². The van der Waals surface area contributed by atoms with Crippen molar-refractivity contribution in [3.8, 4) is 0 Å². The first-order valence-electron chi connectivity index (χ1n) is 5.89. The Labute approximate surface area is 105 Å². The van der Waals surface area contributed by atoms with Gasteiger partial charge in [-0.05, 0) is 38.4 Å². The minimum atomic E-state index is -0.767. The number of benzene rings is 1. The van der Waals surface area contributed by atoms with E-state index in [2.05, 4.69) is 5.32 Å².